The van der Waals surface area contributed by atoms with Crippen LogP contribution in [0.3, 0.4) is 0 Å². The van der Waals surface area contributed by atoms with Crippen LogP contribution in [0.25, 0.3) is 11.1 Å². The SMILES string of the molecule is CCOC(=O)C(C)(O)c1c(SC)nc(C)n1Cc1ccc(-c2ccccc2S(=O)(=O)NC(=O)NCc2ccccc2)cc1. The summed E-state index contributed by atoms with van der Waals surface area (Å²) in [6.45, 7) is 5.47. The zero-order chi connectivity index (χ0) is 31.2. The Morgan fingerprint density at radius 1 is 1.00 bits per heavy atom. The first-order valence-electron chi connectivity index (χ1n) is 13.5. The third kappa shape index (κ3) is 7.27. The van der Waals surface area contributed by atoms with Crippen molar-refractivity contribution in [2.24, 2.45) is 0 Å². The van der Waals surface area contributed by atoms with Crippen molar-refractivity contribution in [2.45, 2.75) is 49.4 Å². The number of thioether (sulfide) groups is 1. The Hall–Kier alpha value is -4.13. The van der Waals surface area contributed by atoms with E-state index in [1.807, 2.05) is 48.7 Å². The average molecular weight is 623 g/mol. The van der Waals surface area contributed by atoms with Gasteiger partial charge in [-0.2, -0.15) is 0 Å². The molecule has 0 saturated carbocycles. The molecule has 0 saturated heterocycles. The Morgan fingerprint density at radius 2 is 1.65 bits per heavy atom. The van der Waals surface area contributed by atoms with Gasteiger partial charge in [0.05, 0.1) is 17.2 Å². The van der Waals surface area contributed by atoms with Gasteiger partial charge in [0, 0.05) is 18.7 Å². The van der Waals surface area contributed by atoms with Crippen molar-refractivity contribution in [1.29, 1.82) is 0 Å². The van der Waals surface area contributed by atoms with Crippen molar-refractivity contribution < 1.29 is 27.9 Å². The van der Waals surface area contributed by atoms with Gasteiger partial charge in [-0.1, -0.05) is 72.8 Å². The van der Waals surface area contributed by atoms with Gasteiger partial charge >= 0.3 is 12.0 Å². The first-order valence-corrected chi connectivity index (χ1v) is 16.2. The lowest BCUT2D eigenvalue weighted by Gasteiger charge is -2.24. The third-order valence-corrected chi connectivity index (χ3v) is 8.82. The van der Waals surface area contributed by atoms with Crippen LogP contribution in [0.1, 0.15) is 36.5 Å². The van der Waals surface area contributed by atoms with Crippen LogP contribution in [0.5, 0.6) is 0 Å². The van der Waals surface area contributed by atoms with E-state index in [1.54, 1.807) is 48.7 Å². The summed E-state index contributed by atoms with van der Waals surface area (Å²) in [6.07, 6.45) is 1.82. The number of aliphatic hydroxyl groups is 1. The van der Waals surface area contributed by atoms with E-state index in [0.29, 0.717) is 34.2 Å². The molecule has 12 heteroatoms. The van der Waals surface area contributed by atoms with Crippen LogP contribution in [0.15, 0.2) is 88.8 Å². The van der Waals surface area contributed by atoms with Crippen molar-refractivity contribution in [3.8, 4) is 11.1 Å². The van der Waals surface area contributed by atoms with Gasteiger partial charge in [-0.3, -0.25) is 0 Å². The topological polar surface area (TPSA) is 140 Å². The highest BCUT2D eigenvalue weighted by Gasteiger charge is 2.40. The highest BCUT2D eigenvalue weighted by atomic mass is 32.2. The van der Waals surface area contributed by atoms with Crippen LogP contribution in [-0.2, 0) is 38.2 Å². The zero-order valence-electron chi connectivity index (χ0n) is 24.3. The molecule has 3 aromatic carbocycles. The van der Waals surface area contributed by atoms with E-state index in [9.17, 15) is 23.1 Å². The Balaban J connectivity index is 1.57. The molecule has 4 rings (SSSR count). The minimum absolute atomic E-state index is 0.0413. The molecule has 2 amide bonds. The summed E-state index contributed by atoms with van der Waals surface area (Å²) in [7, 11) is -4.19. The van der Waals surface area contributed by atoms with Crippen LogP contribution in [0.2, 0.25) is 0 Å². The molecule has 10 nitrogen and oxygen atoms in total. The van der Waals surface area contributed by atoms with Gasteiger partial charge in [-0.05, 0) is 49.8 Å². The van der Waals surface area contributed by atoms with Crippen molar-refractivity contribution in [1.82, 2.24) is 19.6 Å². The summed E-state index contributed by atoms with van der Waals surface area (Å²) in [5.41, 5.74) is 1.14. The summed E-state index contributed by atoms with van der Waals surface area (Å²) >= 11 is 1.32. The maximum absolute atomic E-state index is 13.2. The number of benzene rings is 3. The molecular weight excluding hydrogens is 588 g/mol. The molecule has 1 aromatic heterocycles. The van der Waals surface area contributed by atoms with E-state index in [-0.39, 0.29) is 18.0 Å². The molecule has 226 valence electrons. The molecule has 3 N–H and O–H groups in total. The Kier molecular flexibility index (Phi) is 9.95. The van der Waals surface area contributed by atoms with Crippen LogP contribution in [0, 0.1) is 6.92 Å². The lowest BCUT2D eigenvalue weighted by atomic mass is 10.0. The maximum Gasteiger partial charge on any atom is 0.344 e. The second-order valence-corrected chi connectivity index (χ2v) is 12.3. The fourth-order valence-electron chi connectivity index (χ4n) is 4.62. The summed E-state index contributed by atoms with van der Waals surface area (Å²) in [6, 6.07) is 22.0. The van der Waals surface area contributed by atoms with Crippen molar-refractivity contribution >= 4 is 33.8 Å². The van der Waals surface area contributed by atoms with E-state index in [0.717, 1.165) is 11.1 Å². The van der Waals surface area contributed by atoms with Crippen molar-refractivity contribution in [3.63, 3.8) is 0 Å². The van der Waals surface area contributed by atoms with Gasteiger partial charge in [-0.25, -0.2) is 27.7 Å². The Bertz CT molecular complexity index is 1700. The minimum atomic E-state index is -4.19. The quantitative estimate of drug-likeness (QED) is 0.163. The Labute approximate surface area is 255 Å². The number of rotatable bonds is 11. The molecule has 0 bridgehead atoms. The largest absolute Gasteiger partial charge is 0.464 e. The summed E-state index contributed by atoms with van der Waals surface area (Å²) in [4.78, 5) is 29.6. The van der Waals surface area contributed by atoms with Crippen LogP contribution >= 0.6 is 11.8 Å². The number of urea groups is 1. The summed E-state index contributed by atoms with van der Waals surface area (Å²) in [5.74, 6) is -0.150. The first kappa shape index (κ1) is 31.8. The molecule has 1 atom stereocenters. The fraction of sp³-hybridized carbons (Fsp3) is 0.258. The monoisotopic (exact) mass is 622 g/mol. The van der Waals surface area contributed by atoms with Crippen LogP contribution < -0.4 is 10.0 Å². The number of ether oxygens (including phenoxy) is 1. The molecule has 0 aliphatic carbocycles. The number of carbonyl (C=O) groups excluding carboxylic acids is 2. The first-order chi connectivity index (χ1) is 20.5. The molecular formula is C31H34N4O6S2. The smallest absolute Gasteiger partial charge is 0.344 e. The molecule has 1 heterocycles. The molecule has 4 aromatic rings. The number of hydrogen-bond donors (Lipinski definition) is 3. The van der Waals surface area contributed by atoms with E-state index in [4.69, 9.17) is 4.74 Å². The van der Waals surface area contributed by atoms with E-state index in [2.05, 4.69) is 15.0 Å². The molecule has 0 spiro atoms. The number of imidazole rings is 1. The second kappa shape index (κ2) is 13.4. The number of aromatic nitrogens is 2. The number of sulfonamides is 1. The third-order valence-electron chi connectivity index (χ3n) is 6.76. The minimum Gasteiger partial charge on any atom is -0.464 e. The van der Waals surface area contributed by atoms with Gasteiger partial charge in [0.25, 0.3) is 10.0 Å². The second-order valence-electron chi connectivity index (χ2n) is 9.86. The zero-order valence-corrected chi connectivity index (χ0v) is 26.0. The number of hydrogen-bond acceptors (Lipinski definition) is 8. The lowest BCUT2D eigenvalue weighted by Crippen LogP contribution is -2.39. The van der Waals surface area contributed by atoms with Gasteiger partial charge in [0.15, 0.2) is 0 Å². The van der Waals surface area contributed by atoms with Crippen LogP contribution in [-0.4, -0.2) is 47.9 Å². The number of aryl methyl sites for hydroxylation is 1. The molecule has 0 aliphatic heterocycles. The van der Waals surface area contributed by atoms with Gasteiger partial charge in [0.2, 0.25) is 5.60 Å². The van der Waals surface area contributed by atoms with Gasteiger partial charge in [0.1, 0.15) is 10.9 Å². The highest BCUT2D eigenvalue weighted by molar-refractivity contribution is 7.98. The number of nitrogens with zero attached hydrogens (tertiary/aromatic N) is 2. The molecule has 0 fully saturated rings. The standard InChI is InChI=1S/C31H34N4O6S2/c1-5-41-29(36)31(3,38)27-28(42-4)33-21(2)35(27)20-23-15-17-24(18-16-23)25-13-9-10-14-26(25)43(39,40)34-30(37)32-19-22-11-7-6-8-12-22/h6-18,38H,5,19-20H2,1-4H3,(H2,32,34,37). The predicted octanol–water partition coefficient (Wildman–Crippen LogP) is 4.59. The molecule has 0 radical (unpaired) electrons. The highest BCUT2D eigenvalue weighted by Crippen LogP contribution is 2.33. The van der Waals surface area contributed by atoms with Gasteiger partial charge in [-0.15, -0.1) is 11.8 Å². The predicted molar refractivity (Wildman–Crippen MR) is 165 cm³/mol. The summed E-state index contributed by atoms with van der Waals surface area (Å²) in [5, 5.41) is 14.3. The van der Waals surface area contributed by atoms with Crippen molar-refractivity contribution in [3.05, 3.63) is 102 Å². The molecule has 0 aliphatic rings. The molecule has 1 unspecified atom stereocenters. The fourth-order valence-corrected chi connectivity index (χ4v) is 6.50. The number of carbonyl (C=O) groups is 2. The lowest BCUT2D eigenvalue weighted by molar-refractivity contribution is -0.165. The van der Waals surface area contributed by atoms with Crippen molar-refractivity contribution in [2.75, 3.05) is 12.9 Å². The van der Waals surface area contributed by atoms with E-state index >= 15 is 0 Å². The van der Waals surface area contributed by atoms with Gasteiger partial charge < -0.3 is 19.7 Å². The van der Waals surface area contributed by atoms with Crippen LogP contribution in [0.4, 0.5) is 4.79 Å². The number of esters is 1. The number of nitrogens with one attached hydrogen (secondary N) is 2. The Morgan fingerprint density at radius 3 is 2.30 bits per heavy atom. The number of amides is 2. The van der Waals surface area contributed by atoms with E-state index < -0.39 is 27.6 Å². The average Bonchev–Trinajstić information content (AvgIpc) is 3.32. The summed E-state index contributed by atoms with van der Waals surface area (Å²) < 4.78 is 35.4. The maximum atomic E-state index is 13.2. The normalized spacial score (nSPS) is 12.8. The van der Waals surface area contributed by atoms with E-state index in [1.165, 1.54) is 24.8 Å². The molecule has 43 heavy (non-hydrogen) atoms.